The molecule has 0 aliphatic rings. The lowest BCUT2D eigenvalue weighted by atomic mass is 9.97. The number of allylic oxidation sites excluding steroid dienone is 2. The molecule has 2 nitrogen and oxygen atoms in total. The topological polar surface area (TPSA) is 32.9 Å². The van der Waals surface area contributed by atoms with Gasteiger partial charge in [0.05, 0.1) is 5.56 Å². The Morgan fingerprint density at radius 2 is 1.79 bits per heavy atom. The lowest BCUT2D eigenvalue weighted by Gasteiger charge is -2.13. The van der Waals surface area contributed by atoms with Crippen LogP contribution in [-0.2, 0) is 6.18 Å². The summed E-state index contributed by atoms with van der Waals surface area (Å²) in [6, 6.07) is 4.25. The average molecular weight is 349 g/mol. The Morgan fingerprint density at radius 3 is 2.33 bits per heavy atom. The zero-order valence-electron chi connectivity index (χ0n) is 12.5. The Balaban J connectivity index is 2.54. The van der Waals surface area contributed by atoms with Gasteiger partial charge < -0.3 is 4.98 Å². The Labute approximate surface area is 132 Å². The highest BCUT2D eigenvalue weighted by atomic mass is 19.4. The molecule has 1 aromatic heterocycles. The molecule has 0 saturated heterocycles. The molecule has 2 aromatic rings. The van der Waals surface area contributed by atoms with Gasteiger partial charge in [-0.3, -0.25) is 4.79 Å². The maximum absolute atomic E-state index is 13.1. The number of rotatable bonds is 3. The highest BCUT2D eigenvalue weighted by Crippen LogP contribution is 2.35. The molecule has 0 unspecified atom stereocenters. The molecule has 24 heavy (non-hydrogen) atoms. The second-order valence-corrected chi connectivity index (χ2v) is 5.23. The van der Waals surface area contributed by atoms with Crippen LogP contribution in [0, 0.1) is 0 Å². The minimum absolute atomic E-state index is 0.0233. The second kappa shape index (κ2) is 6.33. The number of pyridine rings is 1. The minimum Gasteiger partial charge on any atom is -0.322 e. The smallest absolute Gasteiger partial charge is 0.322 e. The van der Waals surface area contributed by atoms with E-state index in [1.165, 1.54) is 25.1 Å². The van der Waals surface area contributed by atoms with Gasteiger partial charge >= 0.3 is 12.4 Å². The number of alkyl halides is 6. The zero-order valence-corrected chi connectivity index (χ0v) is 12.5. The van der Waals surface area contributed by atoms with Crippen LogP contribution in [0.25, 0.3) is 16.5 Å². The van der Waals surface area contributed by atoms with Gasteiger partial charge in [0.15, 0.2) is 0 Å². The van der Waals surface area contributed by atoms with E-state index in [4.69, 9.17) is 0 Å². The molecule has 0 saturated carbocycles. The first-order valence-electron chi connectivity index (χ1n) is 6.98. The summed E-state index contributed by atoms with van der Waals surface area (Å²) in [5.74, 6) is 0. The fourth-order valence-electron chi connectivity index (χ4n) is 2.42. The Bertz CT molecular complexity index is 829. The lowest BCUT2D eigenvalue weighted by molar-refractivity contribution is -0.136. The van der Waals surface area contributed by atoms with Crippen molar-refractivity contribution in [3.05, 3.63) is 51.8 Å². The van der Waals surface area contributed by atoms with Crippen LogP contribution in [0.4, 0.5) is 26.3 Å². The van der Waals surface area contributed by atoms with Crippen LogP contribution in [0.2, 0.25) is 0 Å². The van der Waals surface area contributed by atoms with Gasteiger partial charge in [0, 0.05) is 23.4 Å². The van der Waals surface area contributed by atoms with E-state index in [2.05, 4.69) is 4.98 Å². The van der Waals surface area contributed by atoms with E-state index in [-0.39, 0.29) is 28.5 Å². The van der Waals surface area contributed by atoms with Crippen LogP contribution in [0.15, 0.2) is 35.1 Å². The minimum atomic E-state index is -4.74. The third kappa shape index (κ3) is 4.18. The molecule has 1 N–H and O–H groups in total. The van der Waals surface area contributed by atoms with Gasteiger partial charge in [-0.2, -0.15) is 26.3 Å². The van der Waals surface area contributed by atoms with Crippen molar-refractivity contribution >= 4 is 16.5 Å². The van der Waals surface area contributed by atoms with Gasteiger partial charge in [0.1, 0.15) is 0 Å². The van der Waals surface area contributed by atoms with E-state index in [0.29, 0.717) is 6.07 Å². The molecule has 0 spiro atoms. The molecule has 1 heterocycles. The molecular weight excluding hydrogens is 336 g/mol. The lowest BCUT2D eigenvalue weighted by Crippen LogP contribution is -2.14. The van der Waals surface area contributed by atoms with Crippen molar-refractivity contribution in [2.45, 2.75) is 32.1 Å². The van der Waals surface area contributed by atoms with Crippen LogP contribution in [-0.4, -0.2) is 11.2 Å². The fraction of sp³-hybridized carbons (Fsp3) is 0.312. The summed E-state index contributed by atoms with van der Waals surface area (Å²) in [7, 11) is 0. The molecular formula is C16H13F6NO. The molecule has 0 radical (unpaired) electrons. The van der Waals surface area contributed by atoms with Crippen LogP contribution in [0.1, 0.15) is 30.9 Å². The van der Waals surface area contributed by atoms with Crippen molar-refractivity contribution in [3.63, 3.8) is 0 Å². The third-order valence-corrected chi connectivity index (χ3v) is 3.55. The predicted molar refractivity (Wildman–Crippen MR) is 78.5 cm³/mol. The normalized spacial score (nSPS) is 13.5. The number of aromatic nitrogens is 1. The molecule has 8 heteroatoms. The molecule has 0 fully saturated rings. The number of hydrogen-bond donors (Lipinski definition) is 1. The number of aromatic amines is 1. The highest BCUT2D eigenvalue weighted by molar-refractivity contribution is 5.86. The number of halogens is 6. The quantitative estimate of drug-likeness (QED) is 0.750. The summed E-state index contributed by atoms with van der Waals surface area (Å²) in [6.07, 6.45) is -9.06. The summed E-state index contributed by atoms with van der Waals surface area (Å²) in [6.45, 7) is 1.52. The van der Waals surface area contributed by atoms with E-state index < -0.39 is 29.9 Å². The van der Waals surface area contributed by atoms with Gasteiger partial charge in [0.25, 0.3) is 0 Å². The van der Waals surface area contributed by atoms with Gasteiger partial charge in [0.2, 0.25) is 5.56 Å². The monoisotopic (exact) mass is 349 g/mol. The summed E-state index contributed by atoms with van der Waals surface area (Å²) < 4.78 is 76.4. The van der Waals surface area contributed by atoms with Crippen molar-refractivity contribution < 1.29 is 26.3 Å². The van der Waals surface area contributed by atoms with E-state index >= 15 is 0 Å². The Morgan fingerprint density at radius 1 is 1.12 bits per heavy atom. The predicted octanol–water partition coefficient (Wildman–Crippen LogP) is 5.29. The molecule has 0 aliphatic carbocycles. The number of benzene rings is 1. The number of nitrogens with one attached hydrogen (secondary N) is 1. The third-order valence-electron chi connectivity index (χ3n) is 3.55. The molecule has 130 valence electrons. The van der Waals surface area contributed by atoms with Gasteiger partial charge in [-0.25, -0.2) is 0 Å². The maximum atomic E-state index is 13.1. The average Bonchev–Trinajstić information content (AvgIpc) is 2.45. The molecule has 0 aliphatic heterocycles. The van der Waals surface area contributed by atoms with Crippen molar-refractivity contribution in [1.82, 2.24) is 4.98 Å². The first kappa shape index (κ1) is 18.1. The van der Waals surface area contributed by atoms with Crippen molar-refractivity contribution in [2.24, 2.45) is 0 Å². The van der Waals surface area contributed by atoms with E-state index in [1.54, 1.807) is 0 Å². The summed E-state index contributed by atoms with van der Waals surface area (Å²) in [4.78, 5) is 13.6. The first-order valence-corrected chi connectivity index (χ1v) is 6.98. The Kier molecular flexibility index (Phi) is 4.77. The number of fused-ring (bicyclic) bond motifs is 1. The first-order chi connectivity index (χ1) is 11.0. The molecule has 1 aromatic carbocycles. The summed E-state index contributed by atoms with van der Waals surface area (Å²) >= 11 is 0. The molecule has 2 rings (SSSR count). The van der Waals surface area contributed by atoms with Crippen LogP contribution in [0.3, 0.4) is 0 Å². The van der Waals surface area contributed by atoms with Gasteiger partial charge in [-0.15, -0.1) is 0 Å². The number of hydrogen-bond acceptors (Lipinski definition) is 1. The highest BCUT2D eigenvalue weighted by Gasteiger charge is 2.33. The van der Waals surface area contributed by atoms with Gasteiger partial charge in [-0.05, 0) is 36.6 Å². The molecule has 0 atom stereocenters. The van der Waals surface area contributed by atoms with Crippen LogP contribution in [0.5, 0.6) is 0 Å². The van der Waals surface area contributed by atoms with Crippen LogP contribution < -0.4 is 5.56 Å². The summed E-state index contributed by atoms with van der Waals surface area (Å²) in [5.41, 5.74) is -1.49. The zero-order chi connectivity index (χ0) is 18.1. The second-order valence-electron chi connectivity index (χ2n) is 5.23. The Hall–Kier alpha value is -2.25. The van der Waals surface area contributed by atoms with E-state index in [1.807, 2.05) is 0 Å². The molecule has 0 amide bonds. The maximum Gasteiger partial charge on any atom is 0.417 e. The fourth-order valence-corrected chi connectivity index (χ4v) is 2.42. The standard InChI is InChI=1S/C16H13F6NO/c1-2-9(5-6-15(17,18)19)10-3-4-13-11(7-10)12(16(20,21)22)8-14(24)23-13/h2-4,7-8H,5-6H2,1H3,(H,23,24). The SMILES string of the molecule is CC=C(CCC(F)(F)F)c1ccc2[nH]c(=O)cc(C(F)(F)F)c2c1. The van der Waals surface area contributed by atoms with Crippen molar-refractivity contribution in [2.75, 3.05) is 0 Å². The van der Waals surface area contributed by atoms with Crippen molar-refractivity contribution in [3.8, 4) is 0 Å². The van der Waals surface area contributed by atoms with Gasteiger partial charge in [-0.1, -0.05) is 12.1 Å². The number of H-pyrrole nitrogens is 1. The molecule has 0 bridgehead atoms. The largest absolute Gasteiger partial charge is 0.417 e. The van der Waals surface area contributed by atoms with Crippen molar-refractivity contribution in [1.29, 1.82) is 0 Å². The van der Waals surface area contributed by atoms with E-state index in [0.717, 1.165) is 6.07 Å². The summed E-state index contributed by atoms with van der Waals surface area (Å²) in [5, 5.41) is -0.258. The van der Waals surface area contributed by atoms with E-state index in [9.17, 15) is 31.1 Å². The van der Waals surface area contributed by atoms with Crippen LogP contribution >= 0.6 is 0 Å².